The van der Waals surface area contributed by atoms with Crippen LogP contribution in [0.5, 0.6) is 0 Å². The molecule has 0 saturated heterocycles. The minimum atomic E-state index is -0.0854. The Morgan fingerprint density at radius 2 is 1.84 bits per heavy atom. The maximum atomic E-state index is 12.8. The van der Waals surface area contributed by atoms with Gasteiger partial charge in [-0.3, -0.25) is 9.79 Å². The van der Waals surface area contributed by atoms with Gasteiger partial charge < -0.3 is 15.6 Å². The molecule has 0 bridgehead atoms. The Morgan fingerprint density at radius 1 is 1.07 bits per heavy atom. The number of fused-ring (bicyclic) bond motifs is 3. The molecular formula is C38H43N5O. The van der Waals surface area contributed by atoms with Gasteiger partial charge in [-0.15, -0.1) is 0 Å². The molecule has 4 aromatic rings. The van der Waals surface area contributed by atoms with E-state index in [4.69, 9.17) is 4.99 Å². The molecule has 4 unspecified atom stereocenters. The van der Waals surface area contributed by atoms with Gasteiger partial charge in [-0.05, 0) is 96.7 Å². The normalized spacial score (nSPS) is 22.6. The number of amides is 1. The molecule has 0 aliphatic heterocycles. The van der Waals surface area contributed by atoms with Gasteiger partial charge in [0.25, 0.3) is 5.91 Å². The summed E-state index contributed by atoms with van der Waals surface area (Å²) in [4.78, 5) is 25.0. The van der Waals surface area contributed by atoms with Crippen molar-refractivity contribution in [1.29, 1.82) is 0 Å². The molecule has 2 aliphatic rings. The summed E-state index contributed by atoms with van der Waals surface area (Å²) in [6.07, 6.45) is 8.44. The van der Waals surface area contributed by atoms with Gasteiger partial charge in [0.05, 0.1) is 12.2 Å². The van der Waals surface area contributed by atoms with Crippen molar-refractivity contribution in [1.82, 2.24) is 20.6 Å². The number of hydrogen-bond donors (Lipinski definition) is 3. The van der Waals surface area contributed by atoms with Gasteiger partial charge in [0.1, 0.15) is 0 Å². The van der Waals surface area contributed by atoms with Crippen molar-refractivity contribution in [2.75, 3.05) is 13.1 Å². The topological polar surface area (TPSA) is 82.2 Å². The van der Waals surface area contributed by atoms with Gasteiger partial charge in [0, 0.05) is 42.7 Å². The predicted octanol–water partition coefficient (Wildman–Crippen LogP) is 7.21. The molecule has 1 saturated carbocycles. The number of imidazole rings is 1. The van der Waals surface area contributed by atoms with Crippen molar-refractivity contribution in [3.63, 3.8) is 0 Å². The van der Waals surface area contributed by atoms with Crippen LogP contribution < -0.4 is 10.6 Å². The molecule has 6 heteroatoms. The van der Waals surface area contributed by atoms with Crippen molar-refractivity contribution in [3.8, 4) is 0 Å². The number of H-pyrrole nitrogens is 1. The van der Waals surface area contributed by atoms with E-state index < -0.39 is 0 Å². The van der Waals surface area contributed by atoms with Crippen molar-refractivity contribution < 1.29 is 4.79 Å². The second kappa shape index (κ2) is 12.7. The number of amidine groups is 1. The van der Waals surface area contributed by atoms with Crippen molar-refractivity contribution >= 4 is 17.4 Å². The van der Waals surface area contributed by atoms with Crippen LogP contribution in [0.1, 0.15) is 82.9 Å². The number of aromatic amines is 1. The average Bonchev–Trinajstić information content (AvgIpc) is 3.61. The molecule has 0 radical (unpaired) electrons. The van der Waals surface area contributed by atoms with Gasteiger partial charge in [0.15, 0.2) is 0 Å². The molecular weight excluding hydrogens is 542 g/mol. The Morgan fingerprint density at radius 3 is 2.61 bits per heavy atom. The van der Waals surface area contributed by atoms with E-state index in [0.29, 0.717) is 36.3 Å². The zero-order valence-corrected chi connectivity index (χ0v) is 26.2. The first kappa shape index (κ1) is 29.6. The van der Waals surface area contributed by atoms with Crippen LogP contribution >= 0.6 is 0 Å². The van der Waals surface area contributed by atoms with Crippen LogP contribution in [0.25, 0.3) is 5.70 Å². The Kier molecular flexibility index (Phi) is 8.51. The number of carbonyl (C=O) groups excluding carboxylic acids is 1. The van der Waals surface area contributed by atoms with E-state index in [0.717, 1.165) is 35.8 Å². The maximum Gasteiger partial charge on any atom is 0.251 e. The van der Waals surface area contributed by atoms with Gasteiger partial charge in [0.2, 0.25) is 0 Å². The zero-order valence-electron chi connectivity index (χ0n) is 26.2. The van der Waals surface area contributed by atoms with Crippen LogP contribution in [0.3, 0.4) is 0 Å². The molecule has 1 aromatic heterocycles. The van der Waals surface area contributed by atoms with Crippen molar-refractivity contribution in [3.05, 3.63) is 130 Å². The Labute approximate surface area is 261 Å². The lowest BCUT2D eigenvalue weighted by Crippen LogP contribution is -2.47. The largest absolute Gasteiger partial charge is 0.352 e. The third-order valence-electron chi connectivity index (χ3n) is 10.2. The summed E-state index contributed by atoms with van der Waals surface area (Å²) in [5.74, 6) is 2.42. The molecule has 226 valence electrons. The van der Waals surface area contributed by atoms with Crippen LogP contribution in [-0.4, -0.2) is 34.8 Å². The number of nitrogens with zero attached hydrogens (tertiary/aromatic N) is 2. The van der Waals surface area contributed by atoms with Crippen LogP contribution in [0, 0.1) is 18.3 Å². The smallest absolute Gasteiger partial charge is 0.251 e. The summed E-state index contributed by atoms with van der Waals surface area (Å²) in [6.45, 7) is 10.1. The number of hydrogen-bond acceptors (Lipinski definition) is 3. The average molecular weight is 586 g/mol. The van der Waals surface area contributed by atoms with E-state index in [1.54, 1.807) is 18.1 Å². The third kappa shape index (κ3) is 5.73. The number of carbonyl (C=O) groups is 1. The van der Waals surface area contributed by atoms with Gasteiger partial charge >= 0.3 is 0 Å². The SMILES string of the molecule is C/C=C(\NC(C)=NCC1CC2c3ccccc3C(Cc3ccccc3C)C12C)c1cccc(C(=O)NCCc2cnc[nH]2)c1. The van der Waals surface area contributed by atoms with Gasteiger partial charge in [-0.1, -0.05) is 73.7 Å². The molecule has 2 aliphatic carbocycles. The van der Waals surface area contributed by atoms with Crippen molar-refractivity contribution in [2.24, 2.45) is 16.3 Å². The highest BCUT2D eigenvalue weighted by Gasteiger charge is 2.60. The van der Waals surface area contributed by atoms with Crippen molar-refractivity contribution in [2.45, 2.75) is 58.8 Å². The highest BCUT2D eigenvalue weighted by atomic mass is 16.1. The van der Waals surface area contributed by atoms with Gasteiger partial charge in [-0.25, -0.2) is 4.98 Å². The molecule has 6 nitrogen and oxygen atoms in total. The van der Waals surface area contributed by atoms with E-state index in [-0.39, 0.29) is 11.3 Å². The van der Waals surface area contributed by atoms with E-state index in [1.807, 2.05) is 44.2 Å². The first-order valence-electron chi connectivity index (χ1n) is 15.8. The maximum absolute atomic E-state index is 12.8. The van der Waals surface area contributed by atoms with Crippen LogP contribution in [-0.2, 0) is 12.8 Å². The van der Waals surface area contributed by atoms with E-state index in [9.17, 15) is 4.79 Å². The molecule has 0 spiro atoms. The minimum absolute atomic E-state index is 0.0854. The first-order valence-corrected chi connectivity index (χ1v) is 15.8. The highest BCUT2D eigenvalue weighted by Crippen LogP contribution is 2.69. The molecule has 1 fully saturated rings. The fourth-order valence-electron chi connectivity index (χ4n) is 7.50. The van der Waals surface area contributed by atoms with E-state index in [1.165, 1.54) is 23.1 Å². The number of benzene rings is 3. The lowest BCUT2D eigenvalue weighted by Gasteiger charge is -2.54. The van der Waals surface area contributed by atoms with Crippen LogP contribution in [0.4, 0.5) is 0 Å². The summed E-state index contributed by atoms with van der Waals surface area (Å²) in [6, 6.07) is 25.7. The van der Waals surface area contributed by atoms with Gasteiger partial charge in [-0.2, -0.15) is 0 Å². The van der Waals surface area contributed by atoms with Crippen LogP contribution in [0.15, 0.2) is 96.4 Å². The van der Waals surface area contributed by atoms with Crippen LogP contribution in [0.2, 0.25) is 0 Å². The summed E-state index contributed by atoms with van der Waals surface area (Å²) >= 11 is 0. The summed E-state index contributed by atoms with van der Waals surface area (Å²) in [7, 11) is 0. The molecule has 4 atom stereocenters. The standard InChI is InChI=1S/C38H43N5O/c1-5-36(28-13-10-14-29(19-28)37(44)40-18-17-31-23-39-24-42-31)43-26(3)41-22-30-21-35-33-16-9-8-15-32(33)34(38(30,35)4)20-27-12-7-6-11-25(27)2/h5-16,19,23-24,30,34-35H,17-18,20-22H2,1-4H3,(H,39,42)(H,40,44)(H,41,43)/b36-5-. The lowest BCUT2D eigenvalue weighted by molar-refractivity contribution is 0.00981. The van der Waals surface area contributed by atoms with E-state index in [2.05, 4.69) is 83.0 Å². The first-order chi connectivity index (χ1) is 21.4. The number of aromatic nitrogens is 2. The number of aliphatic imine (C=N–C) groups is 1. The molecule has 3 N–H and O–H groups in total. The fourth-order valence-corrected chi connectivity index (χ4v) is 7.50. The third-order valence-corrected chi connectivity index (χ3v) is 10.2. The Hall–Kier alpha value is -4.45. The minimum Gasteiger partial charge on any atom is -0.352 e. The highest BCUT2D eigenvalue weighted by molar-refractivity contribution is 5.96. The Bertz CT molecular complexity index is 1690. The summed E-state index contributed by atoms with van der Waals surface area (Å²) < 4.78 is 0. The monoisotopic (exact) mass is 585 g/mol. The summed E-state index contributed by atoms with van der Waals surface area (Å²) in [5.41, 5.74) is 9.64. The number of nitrogens with one attached hydrogen (secondary N) is 3. The lowest BCUT2D eigenvalue weighted by atomic mass is 9.50. The summed E-state index contributed by atoms with van der Waals surface area (Å²) in [5, 5.41) is 6.54. The molecule has 1 amide bonds. The fraction of sp³-hybridized carbons (Fsp3) is 0.342. The molecule has 3 aromatic carbocycles. The number of aryl methyl sites for hydroxylation is 1. The quantitative estimate of drug-likeness (QED) is 0.136. The predicted molar refractivity (Wildman–Crippen MR) is 179 cm³/mol. The van der Waals surface area contributed by atoms with E-state index >= 15 is 0 Å². The molecule has 44 heavy (non-hydrogen) atoms. The zero-order chi connectivity index (χ0) is 30.7. The molecule has 1 heterocycles. The Balaban J connectivity index is 1.12. The number of rotatable bonds is 10. The second-order valence-corrected chi connectivity index (χ2v) is 12.6. The second-order valence-electron chi connectivity index (χ2n) is 12.6. The number of allylic oxidation sites excluding steroid dienone is 1. The molecule has 6 rings (SSSR count).